The fraction of sp³-hybridized carbons (Fsp3) is 0.133. The summed E-state index contributed by atoms with van der Waals surface area (Å²) < 4.78 is 11.3. The number of amides is 1. The smallest absolute Gasteiger partial charge is 0.296 e. The number of phenols is 1. The molecule has 3 aromatic carbocycles. The van der Waals surface area contributed by atoms with E-state index in [1.807, 2.05) is 31.2 Å². The van der Waals surface area contributed by atoms with Crippen molar-refractivity contribution in [2.45, 2.75) is 26.1 Å². The van der Waals surface area contributed by atoms with Crippen LogP contribution in [0.1, 0.15) is 34.1 Å². The van der Waals surface area contributed by atoms with Crippen LogP contribution in [-0.4, -0.2) is 26.8 Å². The zero-order valence-electron chi connectivity index (χ0n) is 20.1. The average Bonchev–Trinajstić information content (AvgIpc) is 3.50. The SMILES string of the molecule is Cc1cccc(COc2ccc(/C(O)=C3/C(=O)C(=O)N(Cc4ccco4)C3c3ccc(O)cc3)cc2)c1. The van der Waals surface area contributed by atoms with Crippen LogP contribution in [0.3, 0.4) is 0 Å². The summed E-state index contributed by atoms with van der Waals surface area (Å²) in [6.07, 6.45) is 1.49. The van der Waals surface area contributed by atoms with Crippen LogP contribution in [0.5, 0.6) is 11.5 Å². The van der Waals surface area contributed by atoms with E-state index in [0.29, 0.717) is 29.2 Å². The lowest BCUT2D eigenvalue weighted by atomic mass is 9.95. The number of nitrogens with zero attached hydrogens (tertiary/aromatic N) is 1. The standard InChI is InChI=1S/C30H25NO6/c1-19-4-2-5-20(16-19)18-37-24-13-9-22(10-14-24)28(33)26-27(21-7-11-23(32)12-8-21)31(30(35)29(26)34)17-25-6-3-15-36-25/h2-16,27,32-33H,17-18H2,1H3/b28-26-. The van der Waals surface area contributed by atoms with Gasteiger partial charge in [-0.05, 0) is 66.6 Å². The number of carbonyl (C=O) groups is 2. The first-order valence-corrected chi connectivity index (χ1v) is 11.8. The number of phenolic OH excluding ortho intramolecular Hbond substituents is 1. The van der Waals surface area contributed by atoms with Gasteiger partial charge in [0, 0.05) is 5.56 Å². The molecule has 0 bridgehead atoms. The van der Waals surface area contributed by atoms with Gasteiger partial charge in [-0.3, -0.25) is 9.59 Å². The lowest BCUT2D eigenvalue weighted by Gasteiger charge is -2.24. The molecule has 1 atom stereocenters. The highest BCUT2D eigenvalue weighted by Gasteiger charge is 2.46. The quantitative estimate of drug-likeness (QED) is 0.200. The number of hydrogen-bond donors (Lipinski definition) is 2. The molecule has 1 aliphatic heterocycles. The number of Topliss-reactive ketones (excluding diaryl/α,β-unsaturated/α-hetero) is 1. The number of furan rings is 1. The Morgan fingerprint density at radius 1 is 0.973 bits per heavy atom. The number of ether oxygens (including phenoxy) is 1. The van der Waals surface area contributed by atoms with Crippen molar-refractivity contribution in [1.29, 1.82) is 0 Å². The summed E-state index contributed by atoms with van der Waals surface area (Å²) in [5.41, 5.74) is 3.10. The summed E-state index contributed by atoms with van der Waals surface area (Å²) in [4.78, 5) is 27.6. The number of aromatic hydroxyl groups is 1. The number of likely N-dealkylation sites (tertiary alicyclic amines) is 1. The van der Waals surface area contributed by atoms with Gasteiger partial charge in [-0.1, -0.05) is 42.0 Å². The van der Waals surface area contributed by atoms with Crippen LogP contribution in [0.4, 0.5) is 0 Å². The number of aryl methyl sites for hydroxylation is 1. The van der Waals surface area contributed by atoms with E-state index in [1.165, 1.54) is 23.3 Å². The molecule has 7 heteroatoms. The van der Waals surface area contributed by atoms with Gasteiger partial charge in [-0.2, -0.15) is 0 Å². The Kier molecular flexibility index (Phi) is 6.51. The fourth-order valence-corrected chi connectivity index (χ4v) is 4.45. The number of aliphatic hydroxyl groups excluding tert-OH is 1. The maximum Gasteiger partial charge on any atom is 0.296 e. The van der Waals surface area contributed by atoms with Gasteiger partial charge >= 0.3 is 0 Å². The van der Waals surface area contributed by atoms with Gasteiger partial charge in [0.1, 0.15) is 29.6 Å². The summed E-state index contributed by atoms with van der Waals surface area (Å²) in [7, 11) is 0. The lowest BCUT2D eigenvalue weighted by Crippen LogP contribution is -2.29. The van der Waals surface area contributed by atoms with E-state index in [1.54, 1.807) is 48.5 Å². The highest BCUT2D eigenvalue weighted by atomic mass is 16.5. The van der Waals surface area contributed by atoms with Gasteiger partial charge in [0.15, 0.2) is 0 Å². The summed E-state index contributed by atoms with van der Waals surface area (Å²) in [5.74, 6) is -0.667. The van der Waals surface area contributed by atoms with E-state index in [0.717, 1.165) is 11.1 Å². The summed E-state index contributed by atoms with van der Waals surface area (Å²) >= 11 is 0. The Labute approximate surface area is 213 Å². The van der Waals surface area contributed by atoms with Crippen LogP contribution in [-0.2, 0) is 22.7 Å². The summed E-state index contributed by atoms with van der Waals surface area (Å²) in [6.45, 7) is 2.46. The minimum absolute atomic E-state index is 0.0318. The Morgan fingerprint density at radius 3 is 2.41 bits per heavy atom. The third-order valence-electron chi connectivity index (χ3n) is 6.27. The molecule has 1 aliphatic rings. The average molecular weight is 496 g/mol. The molecule has 0 aliphatic carbocycles. The maximum atomic E-state index is 13.1. The highest BCUT2D eigenvalue weighted by molar-refractivity contribution is 6.46. The van der Waals surface area contributed by atoms with Crippen LogP contribution in [0, 0.1) is 6.92 Å². The third kappa shape index (κ3) is 4.97. The number of benzene rings is 3. The van der Waals surface area contributed by atoms with Gasteiger partial charge in [0.2, 0.25) is 0 Å². The molecule has 0 spiro atoms. The number of ketones is 1. The topological polar surface area (TPSA) is 100 Å². The van der Waals surface area contributed by atoms with Gasteiger partial charge < -0.3 is 24.3 Å². The van der Waals surface area contributed by atoms with Crippen LogP contribution >= 0.6 is 0 Å². The van der Waals surface area contributed by atoms with Crippen molar-refractivity contribution < 1.29 is 29.0 Å². The van der Waals surface area contributed by atoms with Crippen molar-refractivity contribution in [3.63, 3.8) is 0 Å². The lowest BCUT2D eigenvalue weighted by molar-refractivity contribution is -0.140. The first-order chi connectivity index (χ1) is 17.9. The monoisotopic (exact) mass is 495 g/mol. The van der Waals surface area contributed by atoms with Crippen molar-refractivity contribution in [3.8, 4) is 11.5 Å². The highest BCUT2D eigenvalue weighted by Crippen LogP contribution is 2.40. The Balaban J connectivity index is 1.46. The molecular formula is C30H25NO6. The molecule has 37 heavy (non-hydrogen) atoms. The molecular weight excluding hydrogens is 470 g/mol. The first kappa shape index (κ1) is 23.9. The molecule has 4 aromatic rings. The zero-order chi connectivity index (χ0) is 25.9. The molecule has 2 N–H and O–H groups in total. The second-order valence-corrected chi connectivity index (χ2v) is 8.90. The van der Waals surface area contributed by atoms with Crippen molar-refractivity contribution in [2.75, 3.05) is 0 Å². The number of aliphatic hydroxyl groups is 1. The zero-order valence-corrected chi connectivity index (χ0v) is 20.1. The van der Waals surface area contributed by atoms with E-state index < -0.39 is 17.7 Å². The molecule has 7 nitrogen and oxygen atoms in total. The van der Waals surface area contributed by atoms with Gasteiger partial charge in [0.25, 0.3) is 11.7 Å². The van der Waals surface area contributed by atoms with Crippen molar-refractivity contribution in [2.24, 2.45) is 0 Å². The van der Waals surface area contributed by atoms with E-state index >= 15 is 0 Å². The molecule has 0 saturated carbocycles. The Hall–Kier alpha value is -4.78. The van der Waals surface area contributed by atoms with E-state index in [4.69, 9.17) is 9.15 Å². The molecule has 1 unspecified atom stereocenters. The van der Waals surface area contributed by atoms with Gasteiger partial charge in [-0.25, -0.2) is 0 Å². The second kappa shape index (κ2) is 10.1. The summed E-state index contributed by atoms with van der Waals surface area (Å²) in [5, 5.41) is 21.0. The Morgan fingerprint density at radius 2 is 1.73 bits per heavy atom. The van der Waals surface area contributed by atoms with E-state index in [9.17, 15) is 19.8 Å². The van der Waals surface area contributed by atoms with E-state index in [-0.39, 0.29) is 23.6 Å². The van der Waals surface area contributed by atoms with Crippen LogP contribution in [0.25, 0.3) is 5.76 Å². The van der Waals surface area contributed by atoms with Crippen molar-refractivity contribution in [1.82, 2.24) is 4.90 Å². The van der Waals surface area contributed by atoms with Crippen molar-refractivity contribution >= 4 is 17.4 Å². The molecule has 1 saturated heterocycles. The Bertz CT molecular complexity index is 1450. The molecule has 1 fully saturated rings. The molecule has 1 aromatic heterocycles. The molecule has 5 rings (SSSR count). The normalized spacial score (nSPS) is 16.8. The minimum Gasteiger partial charge on any atom is -0.508 e. The predicted octanol–water partition coefficient (Wildman–Crippen LogP) is 5.49. The largest absolute Gasteiger partial charge is 0.508 e. The molecule has 0 radical (unpaired) electrons. The number of hydrogen-bond acceptors (Lipinski definition) is 6. The third-order valence-corrected chi connectivity index (χ3v) is 6.27. The molecule has 186 valence electrons. The van der Waals surface area contributed by atoms with Crippen LogP contribution < -0.4 is 4.74 Å². The second-order valence-electron chi connectivity index (χ2n) is 8.90. The van der Waals surface area contributed by atoms with Crippen molar-refractivity contribution in [3.05, 3.63) is 125 Å². The number of rotatable bonds is 7. The van der Waals surface area contributed by atoms with Gasteiger partial charge in [0.05, 0.1) is 24.4 Å². The maximum absolute atomic E-state index is 13.1. The fourth-order valence-electron chi connectivity index (χ4n) is 4.45. The minimum atomic E-state index is -0.858. The predicted molar refractivity (Wildman–Crippen MR) is 137 cm³/mol. The number of carbonyl (C=O) groups excluding carboxylic acids is 2. The van der Waals surface area contributed by atoms with E-state index in [2.05, 4.69) is 0 Å². The van der Waals surface area contributed by atoms with Crippen LogP contribution in [0.15, 0.2) is 101 Å². The molecule has 1 amide bonds. The van der Waals surface area contributed by atoms with Gasteiger partial charge in [-0.15, -0.1) is 0 Å². The summed E-state index contributed by atoms with van der Waals surface area (Å²) in [6, 6.07) is 23.5. The van der Waals surface area contributed by atoms with Crippen LogP contribution in [0.2, 0.25) is 0 Å². The first-order valence-electron chi connectivity index (χ1n) is 11.8. The molecule has 2 heterocycles.